The van der Waals surface area contributed by atoms with E-state index >= 15 is 0 Å². The molecule has 0 radical (unpaired) electrons. The van der Waals surface area contributed by atoms with Gasteiger partial charge in [-0.25, -0.2) is 0 Å². The van der Waals surface area contributed by atoms with E-state index in [1.165, 1.54) is 31.4 Å². The molecule has 25 heavy (non-hydrogen) atoms. The Morgan fingerprint density at radius 2 is 1.64 bits per heavy atom. The van der Waals surface area contributed by atoms with E-state index in [9.17, 15) is 4.79 Å². The summed E-state index contributed by atoms with van der Waals surface area (Å²) in [5.41, 5.74) is 3.44. The first-order valence-corrected chi connectivity index (χ1v) is 9.99. The summed E-state index contributed by atoms with van der Waals surface area (Å²) in [6.07, 6.45) is 6.39. The molecule has 1 saturated heterocycles. The van der Waals surface area contributed by atoms with Crippen molar-refractivity contribution in [3.05, 3.63) is 29.8 Å². The Morgan fingerprint density at radius 3 is 2.24 bits per heavy atom. The third kappa shape index (κ3) is 4.44. The molecule has 1 aliphatic heterocycles. The van der Waals surface area contributed by atoms with E-state index in [1.54, 1.807) is 5.56 Å². The van der Waals surface area contributed by atoms with Gasteiger partial charge in [-0.15, -0.1) is 0 Å². The van der Waals surface area contributed by atoms with Crippen LogP contribution in [0.15, 0.2) is 24.3 Å². The molecule has 0 N–H and O–H groups in total. The Kier molecular flexibility index (Phi) is 5.83. The zero-order chi connectivity index (χ0) is 17.9. The number of carbonyl (C=O) groups is 1. The van der Waals surface area contributed by atoms with Crippen LogP contribution in [0.2, 0.25) is 0 Å². The number of carbonyl (C=O) groups excluding carboxylic acids is 1. The molecule has 3 rings (SSSR count). The van der Waals surface area contributed by atoms with Crippen LogP contribution >= 0.6 is 0 Å². The number of para-hydroxylation sites is 1. The maximum absolute atomic E-state index is 10.7. The van der Waals surface area contributed by atoms with E-state index in [4.69, 9.17) is 0 Å². The molecule has 2 aliphatic rings. The third-order valence-electron chi connectivity index (χ3n) is 6.37. The number of anilines is 1. The minimum atomic E-state index is 0.444. The van der Waals surface area contributed by atoms with Crippen LogP contribution in [0.3, 0.4) is 0 Å². The molecule has 138 valence electrons. The lowest BCUT2D eigenvalue weighted by Gasteiger charge is -2.40. The van der Waals surface area contributed by atoms with Gasteiger partial charge in [0.05, 0.1) is 6.54 Å². The zero-order valence-electron chi connectivity index (χ0n) is 16.2. The Bertz CT molecular complexity index is 562. The van der Waals surface area contributed by atoms with Gasteiger partial charge in [-0.3, -0.25) is 4.90 Å². The van der Waals surface area contributed by atoms with Gasteiger partial charge in [0.25, 0.3) is 0 Å². The number of piperazine rings is 1. The van der Waals surface area contributed by atoms with Crippen LogP contribution in [-0.2, 0) is 4.79 Å². The predicted molar refractivity (Wildman–Crippen MR) is 105 cm³/mol. The summed E-state index contributed by atoms with van der Waals surface area (Å²) in [5, 5.41) is 0. The lowest BCUT2D eigenvalue weighted by Crippen LogP contribution is -2.47. The minimum absolute atomic E-state index is 0.444. The minimum Gasteiger partial charge on any atom is -0.369 e. The van der Waals surface area contributed by atoms with E-state index in [0.717, 1.165) is 38.4 Å². The molecule has 0 atom stereocenters. The Hall–Kier alpha value is -1.35. The van der Waals surface area contributed by atoms with Crippen molar-refractivity contribution in [1.82, 2.24) is 4.90 Å². The van der Waals surface area contributed by atoms with Crippen LogP contribution in [0.5, 0.6) is 0 Å². The fourth-order valence-electron chi connectivity index (χ4n) is 4.67. The summed E-state index contributed by atoms with van der Waals surface area (Å²) in [6.45, 7) is 11.8. The topological polar surface area (TPSA) is 23.6 Å². The maximum Gasteiger partial charge on any atom is 0.133 e. The van der Waals surface area contributed by atoms with Crippen LogP contribution in [0, 0.1) is 11.3 Å². The van der Waals surface area contributed by atoms with Crippen LogP contribution in [0.25, 0.3) is 0 Å². The van der Waals surface area contributed by atoms with Gasteiger partial charge in [0.15, 0.2) is 0 Å². The van der Waals surface area contributed by atoms with Gasteiger partial charge in [0, 0.05) is 31.9 Å². The second-order valence-corrected chi connectivity index (χ2v) is 8.93. The molecule has 1 saturated carbocycles. The number of nitrogens with zero attached hydrogens (tertiary/aromatic N) is 2. The van der Waals surface area contributed by atoms with Crippen LogP contribution in [-0.4, -0.2) is 43.9 Å². The lowest BCUT2D eigenvalue weighted by atomic mass is 9.68. The summed E-state index contributed by atoms with van der Waals surface area (Å²) >= 11 is 0. The van der Waals surface area contributed by atoms with E-state index in [0.29, 0.717) is 17.9 Å². The molecule has 0 unspecified atom stereocenters. The molecule has 0 aromatic heterocycles. The summed E-state index contributed by atoms with van der Waals surface area (Å²) < 4.78 is 0. The zero-order valence-corrected chi connectivity index (χ0v) is 16.2. The molecule has 1 aromatic rings. The summed E-state index contributed by atoms with van der Waals surface area (Å²) in [6, 6.07) is 9.05. The lowest BCUT2D eigenvalue weighted by molar-refractivity contribution is -0.108. The normalized spacial score (nSPS) is 25.8. The highest BCUT2D eigenvalue weighted by molar-refractivity contribution is 5.56. The van der Waals surface area contributed by atoms with Gasteiger partial charge < -0.3 is 9.69 Å². The maximum atomic E-state index is 10.7. The fraction of sp³-hybridized carbons (Fsp3) is 0.682. The predicted octanol–water partition coefficient (Wildman–Crippen LogP) is 4.33. The average Bonchev–Trinajstić information content (AvgIpc) is 2.62. The van der Waals surface area contributed by atoms with E-state index in [1.807, 2.05) is 0 Å². The monoisotopic (exact) mass is 342 g/mol. The highest BCUT2D eigenvalue weighted by Gasteiger charge is 2.31. The highest BCUT2D eigenvalue weighted by atomic mass is 16.1. The highest BCUT2D eigenvalue weighted by Crippen LogP contribution is 2.45. The van der Waals surface area contributed by atoms with Crippen LogP contribution in [0.1, 0.15) is 57.9 Å². The van der Waals surface area contributed by atoms with Crippen molar-refractivity contribution in [2.45, 2.75) is 52.4 Å². The molecule has 1 aliphatic carbocycles. The summed E-state index contributed by atoms with van der Waals surface area (Å²) in [7, 11) is 0. The number of rotatable bonds is 4. The van der Waals surface area contributed by atoms with Gasteiger partial charge in [-0.05, 0) is 54.6 Å². The Morgan fingerprint density at radius 1 is 1.00 bits per heavy atom. The number of aldehydes is 1. The number of hydrogen-bond donors (Lipinski definition) is 0. The Balaban J connectivity index is 1.67. The quantitative estimate of drug-likeness (QED) is 0.761. The molecule has 0 spiro atoms. The van der Waals surface area contributed by atoms with Gasteiger partial charge in [0.2, 0.25) is 0 Å². The molecule has 1 heterocycles. The van der Waals surface area contributed by atoms with Crippen molar-refractivity contribution >= 4 is 12.0 Å². The van der Waals surface area contributed by atoms with Gasteiger partial charge in [-0.1, -0.05) is 39.0 Å². The van der Waals surface area contributed by atoms with E-state index in [-0.39, 0.29) is 0 Å². The van der Waals surface area contributed by atoms with Crippen molar-refractivity contribution < 1.29 is 4.79 Å². The number of hydrogen-bond acceptors (Lipinski definition) is 3. The third-order valence-corrected chi connectivity index (χ3v) is 6.37. The summed E-state index contributed by atoms with van der Waals surface area (Å²) in [5.74, 6) is 1.57. The van der Waals surface area contributed by atoms with Crippen LogP contribution in [0.4, 0.5) is 5.69 Å². The molecule has 1 aromatic carbocycles. The standard InChI is InChI=1S/C22H34N2O/c1-22(2,3)19-10-8-18(9-11-19)20-6-4-5-7-21(20)24-14-12-23(13-15-24)16-17-25/h4-7,17-19H,8-16H2,1-3H3. The molecule has 3 nitrogen and oxygen atoms in total. The molecule has 3 heteroatoms. The van der Waals surface area contributed by atoms with Crippen molar-refractivity contribution in [1.29, 1.82) is 0 Å². The van der Waals surface area contributed by atoms with E-state index < -0.39 is 0 Å². The molecule has 0 amide bonds. The molecule has 2 fully saturated rings. The fourth-order valence-corrected chi connectivity index (χ4v) is 4.67. The second kappa shape index (κ2) is 7.90. The summed E-state index contributed by atoms with van der Waals surface area (Å²) in [4.78, 5) is 15.5. The SMILES string of the molecule is CC(C)(C)C1CCC(c2ccccc2N2CCN(CC=O)CC2)CC1. The van der Waals surface area contributed by atoms with Crippen molar-refractivity contribution in [3.63, 3.8) is 0 Å². The Labute approximate surface area is 153 Å². The van der Waals surface area contributed by atoms with Gasteiger partial charge in [0.1, 0.15) is 6.29 Å². The van der Waals surface area contributed by atoms with E-state index in [2.05, 4.69) is 54.8 Å². The van der Waals surface area contributed by atoms with Crippen molar-refractivity contribution in [2.75, 3.05) is 37.6 Å². The molecule has 0 bridgehead atoms. The molecular weight excluding hydrogens is 308 g/mol. The van der Waals surface area contributed by atoms with Gasteiger partial charge in [-0.2, -0.15) is 0 Å². The smallest absolute Gasteiger partial charge is 0.133 e. The average molecular weight is 343 g/mol. The largest absolute Gasteiger partial charge is 0.369 e. The van der Waals surface area contributed by atoms with Crippen molar-refractivity contribution in [2.24, 2.45) is 11.3 Å². The van der Waals surface area contributed by atoms with Crippen LogP contribution < -0.4 is 4.90 Å². The van der Waals surface area contributed by atoms with Crippen molar-refractivity contribution in [3.8, 4) is 0 Å². The molecular formula is C22H34N2O. The first-order chi connectivity index (χ1) is 12.0. The second-order valence-electron chi connectivity index (χ2n) is 8.93. The van der Waals surface area contributed by atoms with Gasteiger partial charge >= 0.3 is 0 Å². The first-order valence-electron chi connectivity index (χ1n) is 9.99. The number of benzene rings is 1. The first kappa shape index (κ1) is 18.4.